The minimum Gasteiger partial charge on any atom is -0.444 e. The molecule has 7 nitrogen and oxygen atoms in total. The summed E-state index contributed by atoms with van der Waals surface area (Å²) in [6.07, 6.45) is -2.96. The topological polar surface area (TPSA) is 97.0 Å². The van der Waals surface area contributed by atoms with Gasteiger partial charge >= 0.3 is 6.09 Å². The van der Waals surface area contributed by atoms with Gasteiger partial charge in [0.1, 0.15) is 11.7 Å². The molecule has 1 aromatic carbocycles. The summed E-state index contributed by atoms with van der Waals surface area (Å²) in [5.41, 5.74) is 0.954. The molecule has 7 heteroatoms. The number of nitrogens with zero attached hydrogens (tertiary/aromatic N) is 3. The Balaban J connectivity index is 1.93. The molecule has 1 amide bonds. The van der Waals surface area contributed by atoms with Gasteiger partial charge in [-0.2, -0.15) is 5.26 Å². The molecular formula is C18H25N3O4. The Hall–Kier alpha value is -2.30. The van der Waals surface area contributed by atoms with Gasteiger partial charge in [0, 0.05) is 31.9 Å². The molecule has 0 saturated carbocycles. The summed E-state index contributed by atoms with van der Waals surface area (Å²) in [6.45, 7) is 8.06. The van der Waals surface area contributed by atoms with E-state index in [-0.39, 0.29) is 6.09 Å². The molecule has 0 bridgehead atoms. The normalized spacial score (nSPS) is 17.6. The van der Waals surface area contributed by atoms with Crippen molar-refractivity contribution in [3.05, 3.63) is 29.8 Å². The third-order valence-electron chi connectivity index (χ3n) is 3.96. The van der Waals surface area contributed by atoms with Crippen molar-refractivity contribution in [3.8, 4) is 6.07 Å². The van der Waals surface area contributed by atoms with Crippen LogP contribution < -0.4 is 4.90 Å². The second-order valence-corrected chi connectivity index (χ2v) is 7.06. The van der Waals surface area contributed by atoms with Crippen LogP contribution in [-0.2, 0) is 4.74 Å². The number of rotatable bonds is 3. The Kier molecular flexibility index (Phi) is 5.88. The van der Waals surface area contributed by atoms with Crippen LogP contribution in [0.3, 0.4) is 0 Å². The van der Waals surface area contributed by atoms with Crippen molar-refractivity contribution >= 4 is 11.8 Å². The van der Waals surface area contributed by atoms with E-state index in [9.17, 15) is 15.0 Å². The maximum absolute atomic E-state index is 12.1. The Morgan fingerprint density at radius 1 is 1.16 bits per heavy atom. The van der Waals surface area contributed by atoms with Gasteiger partial charge in [-0.3, -0.25) is 0 Å². The third kappa shape index (κ3) is 5.08. The van der Waals surface area contributed by atoms with Gasteiger partial charge in [-0.1, -0.05) is 12.1 Å². The standard InChI is InChI=1S/C18H25N3O4/c1-18(2,3)25-17(24)21-10-8-20(9-11-21)14-6-4-13(5-7-14)16(23)15(22)12-19/h4-7,15-16,22-23H,8-11H2,1-3H3. The first-order valence-electron chi connectivity index (χ1n) is 8.30. The Morgan fingerprint density at radius 3 is 2.20 bits per heavy atom. The number of hydrogen-bond donors (Lipinski definition) is 2. The summed E-state index contributed by atoms with van der Waals surface area (Å²) < 4.78 is 5.38. The highest BCUT2D eigenvalue weighted by Gasteiger charge is 2.26. The van der Waals surface area contributed by atoms with Crippen molar-refractivity contribution in [1.82, 2.24) is 4.90 Å². The van der Waals surface area contributed by atoms with Crippen molar-refractivity contribution in [2.45, 2.75) is 38.6 Å². The number of aliphatic hydroxyl groups is 2. The highest BCUT2D eigenvalue weighted by Crippen LogP contribution is 2.22. The molecule has 0 aromatic heterocycles. The Morgan fingerprint density at radius 2 is 1.72 bits per heavy atom. The van der Waals surface area contributed by atoms with E-state index in [0.29, 0.717) is 31.7 Å². The van der Waals surface area contributed by atoms with Crippen LogP contribution in [0.25, 0.3) is 0 Å². The molecule has 136 valence electrons. The van der Waals surface area contributed by atoms with Crippen molar-refractivity contribution in [1.29, 1.82) is 5.26 Å². The van der Waals surface area contributed by atoms with Crippen LogP contribution in [0, 0.1) is 11.3 Å². The molecule has 0 radical (unpaired) electrons. The van der Waals surface area contributed by atoms with Gasteiger partial charge in [0.25, 0.3) is 0 Å². The molecule has 1 aliphatic heterocycles. The van der Waals surface area contributed by atoms with E-state index in [1.54, 1.807) is 23.1 Å². The SMILES string of the molecule is CC(C)(C)OC(=O)N1CCN(c2ccc(C(O)C(O)C#N)cc2)CC1. The summed E-state index contributed by atoms with van der Waals surface area (Å²) in [6, 6.07) is 8.69. The average Bonchev–Trinajstić information content (AvgIpc) is 2.59. The van der Waals surface area contributed by atoms with Crippen LogP contribution in [0.4, 0.5) is 10.5 Å². The van der Waals surface area contributed by atoms with Gasteiger partial charge in [-0.25, -0.2) is 4.79 Å². The van der Waals surface area contributed by atoms with Crippen LogP contribution in [0.2, 0.25) is 0 Å². The van der Waals surface area contributed by atoms with Gasteiger partial charge in [-0.15, -0.1) is 0 Å². The number of anilines is 1. The van der Waals surface area contributed by atoms with Crippen LogP contribution in [0.15, 0.2) is 24.3 Å². The summed E-state index contributed by atoms with van der Waals surface area (Å²) >= 11 is 0. The maximum atomic E-state index is 12.1. The summed E-state index contributed by atoms with van der Waals surface area (Å²) in [7, 11) is 0. The van der Waals surface area contributed by atoms with Crippen LogP contribution in [0.5, 0.6) is 0 Å². The van der Waals surface area contributed by atoms with Crippen molar-refractivity contribution in [3.63, 3.8) is 0 Å². The number of ether oxygens (including phenoxy) is 1. The zero-order chi connectivity index (χ0) is 18.6. The van der Waals surface area contributed by atoms with Crippen molar-refractivity contribution < 1.29 is 19.7 Å². The Labute approximate surface area is 148 Å². The summed E-state index contributed by atoms with van der Waals surface area (Å²) in [4.78, 5) is 15.9. The summed E-state index contributed by atoms with van der Waals surface area (Å²) in [5.74, 6) is 0. The molecule has 1 saturated heterocycles. The predicted molar refractivity (Wildman–Crippen MR) is 93.0 cm³/mol. The zero-order valence-electron chi connectivity index (χ0n) is 14.8. The lowest BCUT2D eigenvalue weighted by Crippen LogP contribution is -2.50. The van der Waals surface area contributed by atoms with E-state index in [1.807, 2.05) is 32.9 Å². The van der Waals surface area contributed by atoms with E-state index in [0.717, 1.165) is 5.69 Å². The highest BCUT2D eigenvalue weighted by atomic mass is 16.6. The molecule has 2 rings (SSSR count). The number of carbonyl (C=O) groups is 1. The van der Waals surface area contributed by atoms with Gasteiger partial charge in [0.15, 0.2) is 6.10 Å². The van der Waals surface area contributed by atoms with E-state index < -0.39 is 17.8 Å². The number of carbonyl (C=O) groups excluding carboxylic acids is 1. The first kappa shape index (κ1) is 19.0. The number of benzene rings is 1. The molecule has 1 aliphatic rings. The zero-order valence-corrected chi connectivity index (χ0v) is 14.8. The van der Waals surface area contributed by atoms with E-state index >= 15 is 0 Å². The lowest BCUT2D eigenvalue weighted by Gasteiger charge is -2.36. The average molecular weight is 347 g/mol. The fraction of sp³-hybridized carbons (Fsp3) is 0.556. The van der Waals surface area contributed by atoms with Gasteiger partial charge < -0.3 is 24.7 Å². The minimum atomic E-state index is -1.44. The predicted octanol–water partition coefficient (Wildman–Crippen LogP) is 1.66. The fourth-order valence-electron chi connectivity index (χ4n) is 2.61. The summed E-state index contributed by atoms with van der Waals surface area (Å²) in [5, 5.41) is 27.9. The second-order valence-electron chi connectivity index (χ2n) is 7.06. The smallest absolute Gasteiger partial charge is 0.410 e. The Bertz CT molecular complexity index is 625. The lowest BCUT2D eigenvalue weighted by molar-refractivity contribution is 0.0240. The number of nitriles is 1. The largest absolute Gasteiger partial charge is 0.444 e. The van der Waals surface area contributed by atoms with Gasteiger partial charge in [0.05, 0.1) is 6.07 Å². The number of hydrogen-bond acceptors (Lipinski definition) is 6. The molecule has 1 fully saturated rings. The van der Waals surface area contributed by atoms with Crippen LogP contribution >= 0.6 is 0 Å². The van der Waals surface area contributed by atoms with Gasteiger partial charge in [-0.05, 0) is 38.5 Å². The molecule has 2 atom stereocenters. The molecule has 1 heterocycles. The van der Waals surface area contributed by atoms with Crippen LogP contribution in [0.1, 0.15) is 32.4 Å². The molecule has 1 aromatic rings. The van der Waals surface area contributed by atoms with Crippen molar-refractivity contribution in [2.24, 2.45) is 0 Å². The second kappa shape index (κ2) is 7.72. The van der Waals surface area contributed by atoms with Gasteiger partial charge in [0.2, 0.25) is 0 Å². The number of amides is 1. The molecular weight excluding hydrogens is 322 g/mol. The molecule has 0 spiro atoms. The third-order valence-corrected chi connectivity index (χ3v) is 3.96. The van der Waals surface area contributed by atoms with E-state index in [4.69, 9.17) is 10.00 Å². The number of aliphatic hydroxyl groups excluding tert-OH is 2. The highest BCUT2D eigenvalue weighted by molar-refractivity contribution is 5.68. The van der Waals surface area contributed by atoms with E-state index in [1.165, 1.54) is 0 Å². The lowest BCUT2D eigenvalue weighted by atomic mass is 10.0. The molecule has 0 aliphatic carbocycles. The fourth-order valence-corrected chi connectivity index (χ4v) is 2.61. The first-order chi connectivity index (χ1) is 11.7. The first-order valence-corrected chi connectivity index (χ1v) is 8.30. The monoisotopic (exact) mass is 347 g/mol. The molecule has 2 N–H and O–H groups in total. The molecule has 25 heavy (non-hydrogen) atoms. The van der Waals surface area contributed by atoms with Crippen molar-refractivity contribution in [2.75, 3.05) is 31.1 Å². The minimum absolute atomic E-state index is 0.295. The van der Waals surface area contributed by atoms with E-state index in [2.05, 4.69) is 4.90 Å². The molecule has 2 unspecified atom stereocenters. The van der Waals surface area contributed by atoms with Crippen LogP contribution in [-0.4, -0.2) is 59.1 Å². The maximum Gasteiger partial charge on any atom is 0.410 e. The number of piperazine rings is 1. The quantitative estimate of drug-likeness (QED) is 0.807.